The zero-order valence-electron chi connectivity index (χ0n) is 11.2. The van der Waals surface area contributed by atoms with Crippen molar-refractivity contribution in [2.75, 3.05) is 6.79 Å². The first-order valence-corrected chi connectivity index (χ1v) is 6.76. The topological polar surface area (TPSA) is 76.0 Å². The van der Waals surface area contributed by atoms with Gasteiger partial charge in [0.1, 0.15) is 5.75 Å². The summed E-state index contributed by atoms with van der Waals surface area (Å²) in [5.74, 6) is -0.124. The van der Waals surface area contributed by atoms with E-state index in [1.165, 1.54) is 24.3 Å². The first-order valence-electron chi connectivity index (χ1n) is 6.38. The van der Waals surface area contributed by atoms with E-state index in [1.807, 2.05) is 0 Å². The Labute approximate surface area is 131 Å². The molecule has 0 amide bonds. The van der Waals surface area contributed by atoms with E-state index in [9.17, 15) is 15.0 Å². The molecular weight excluding hydrogens is 308 g/mol. The van der Waals surface area contributed by atoms with Crippen LogP contribution in [0.1, 0.15) is 11.1 Å². The third kappa shape index (κ3) is 2.71. The largest absolute Gasteiger partial charge is 0.507 e. The summed E-state index contributed by atoms with van der Waals surface area (Å²) in [5.41, 5.74) is 0.773. The summed E-state index contributed by atoms with van der Waals surface area (Å²) < 4.78 is 10.4. The van der Waals surface area contributed by atoms with E-state index in [-0.39, 0.29) is 18.1 Å². The molecule has 1 aliphatic rings. The number of aliphatic carboxylic acids is 1. The second-order valence-electron chi connectivity index (χ2n) is 4.63. The van der Waals surface area contributed by atoms with Crippen LogP contribution < -0.4 is 9.47 Å². The summed E-state index contributed by atoms with van der Waals surface area (Å²) in [6.45, 7) is 0.111. The van der Waals surface area contributed by atoms with Gasteiger partial charge in [0.15, 0.2) is 11.5 Å². The fraction of sp³-hybridized carbons (Fsp3) is 0.0625. The van der Waals surface area contributed by atoms with Crippen molar-refractivity contribution in [1.82, 2.24) is 0 Å². The van der Waals surface area contributed by atoms with Crippen LogP contribution in [0, 0.1) is 0 Å². The lowest BCUT2D eigenvalue weighted by atomic mass is 10.0. The van der Waals surface area contributed by atoms with Crippen LogP contribution in [0.2, 0.25) is 5.02 Å². The molecule has 0 aromatic heterocycles. The third-order valence-corrected chi connectivity index (χ3v) is 3.44. The number of phenols is 1. The van der Waals surface area contributed by atoms with Gasteiger partial charge in [-0.3, -0.25) is 0 Å². The van der Waals surface area contributed by atoms with E-state index in [2.05, 4.69) is 0 Å². The molecule has 0 fully saturated rings. The van der Waals surface area contributed by atoms with Crippen molar-refractivity contribution in [3.05, 3.63) is 52.5 Å². The van der Waals surface area contributed by atoms with Crippen molar-refractivity contribution >= 4 is 29.2 Å². The van der Waals surface area contributed by atoms with Gasteiger partial charge < -0.3 is 19.7 Å². The average Bonchev–Trinajstić information content (AvgIpc) is 2.95. The molecule has 22 heavy (non-hydrogen) atoms. The normalized spacial score (nSPS) is 13.2. The fourth-order valence-electron chi connectivity index (χ4n) is 2.13. The zero-order chi connectivity index (χ0) is 15.7. The molecule has 6 heteroatoms. The van der Waals surface area contributed by atoms with Crippen molar-refractivity contribution in [2.24, 2.45) is 0 Å². The number of hydrogen-bond donors (Lipinski definition) is 2. The van der Waals surface area contributed by atoms with Gasteiger partial charge in [-0.1, -0.05) is 17.7 Å². The van der Waals surface area contributed by atoms with E-state index >= 15 is 0 Å². The second kappa shape index (κ2) is 5.61. The number of carboxylic acids is 1. The van der Waals surface area contributed by atoms with Crippen molar-refractivity contribution < 1.29 is 24.5 Å². The van der Waals surface area contributed by atoms with Crippen molar-refractivity contribution in [2.45, 2.75) is 0 Å². The van der Waals surface area contributed by atoms with Crippen LogP contribution in [0.15, 0.2) is 36.4 Å². The Morgan fingerprint density at radius 1 is 1.14 bits per heavy atom. The second-order valence-corrected chi connectivity index (χ2v) is 5.07. The number of benzene rings is 2. The molecule has 0 spiro atoms. The molecule has 0 atom stereocenters. The predicted octanol–water partition coefficient (Wildman–Crippen LogP) is 3.40. The lowest BCUT2D eigenvalue weighted by Gasteiger charge is -2.06. The van der Waals surface area contributed by atoms with Crippen LogP contribution in [0.4, 0.5) is 0 Å². The van der Waals surface area contributed by atoms with E-state index in [0.29, 0.717) is 27.6 Å². The molecule has 3 rings (SSSR count). The standard InChI is InChI=1S/C16H11ClO5/c17-11-2-3-13(18)10(5-11)6-12(16(19)20)9-1-4-14-15(7-9)22-8-21-14/h1-7,18H,8H2,(H,19,20)/b12-6-. The third-order valence-electron chi connectivity index (χ3n) is 3.20. The van der Waals surface area contributed by atoms with E-state index in [1.54, 1.807) is 18.2 Å². The molecule has 0 saturated carbocycles. The number of aromatic hydroxyl groups is 1. The summed E-state index contributed by atoms with van der Waals surface area (Å²) in [7, 11) is 0. The molecule has 5 nitrogen and oxygen atoms in total. The van der Waals surface area contributed by atoms with Crippen LogP contribution in [0.5, 0.6) is 17.2 Å². The quantitative estimate of drug-likeness (QED) is 0.670. The lowest BCUT2D eigenvalue weighted by Crippen LogP contribution is -1.99. The molecular formula is C16H11ClO5. The summed E-state index contributed by atoms with van der Waals surface area (Å²) >= 11 is 5.88. The number of halogens is 1. The Balaban J connectivity index is 2.08. The number of hydrogen-bond acceptors (Lipinski definition) is 4. The minimum atomic E-state index is -1.13. The smallest absolute Gasteiger partial charge is 0.336 e. The highest BCUT2D eigenvalue weighted by atomic mass is 35.5. The minimum absolute atomic E-state index is 0.0101. The van der Waals surface area contributed by atoms with Gasteiger partial charge in [-0.15, -0.1) is 0 Å². The maximum Gasteiger partial charge on any atom is 0.336 e. The monoisotopic (exact) mass is 318 g/mol. The lowest BCUT2D eigenvalue weighted by molar-refractivity contribution is -0.130. The molecule has 0 unspecified atom stereocenters. The fourth-order valence-corrected chi connectivity index (χ4v) is 2.31. The van der Waals surface area contributed by atoms with Crippen LogP contribution in [0.3, 0.4) is 0 Å². The number of rotatable bonds is 3. The summed E-state index contributed by atoms with van der Waals surface area (Å²) in [5, 5.41) is 19.7. The van der Waals surface area contributed by atoms with Gasteiger partial charge >= 0.3 is 5.97 Å². The predicted molar refractivity (Wildman–Crippen MR) is 81.2 cm³/mol. The van der Waals surface area contributed by atoms with Crippen LogP contribution in [-0.2, 0) is 4.79 Å². The van der Waals surface area contributed by atoms with E-state index in [4.69, 9.17) is 21.1 Å². The highest BCUT2D eigenvalue weighted by Gasteiger charge is 2.18. The molecule has 0 bridgehead atoms. The Morgan fingerprint density at radius 2 is 1.91 bits per heavy atom. The molecule has 1 heterocycles. The number of phenolic OH excluding ortho intramolecular Hbond substituents is 1. The highest BCUT2D eigenvalue weighted by molar-refractivity contribution is 6.31. The van der Waals surface area contributed by atoms with Crippen LogP contribution in [0.25, 0.3) is 11.6 Å². The first-order chi connectivity index (χ1) is 10.5. The first kappa shape index (κ1) is 14.3. The van der Waals surface area contributed by atoms with Crippen molar-refractivity contribution in [3.8, 4) is 17.2 Å². The summed E-state index contributed by atoms with van der Waals surface area (Å²) in [6.07, 6.45) is 1.36. The van der Waals surface area contributed by atoms with Crippen LogP contribution in [-0.4, -0.2) is 23.0 Å². The molecule has 2 N–H and O–H groups in total. The Bertz CT molecular complexity index is 782. The minimum Gasteiger partial charge on any atom is -0.507 e. The number of fused-ring (bicyclic) bond motifs is 1. The maximum atomic E-state index is 11.5. The highest BCUT2D eigenvalue weighted by Crippen LogP contribution is 2.35. The van der Waals surface area contributed by atoms with Crippen molar-refractivity contribution in [1.29, 1.82) is 0 Å². The summed E-state index contributed by atoms with van der Waals surface area (Å²) in [6, 6.07) is 9.28. The average molecular weight is 319 g/mol. The Kier molecular flexibility index (Phi) is 3.65. The Morgan fingerprint density at radius 3 is 2.68 bits per heavy atom. The molecule has 0 aliphatic carbocycles. The molecule has 2 aromatic rings. The molecule has 112 valence electrons. The number of carbonyl (C=O) groups is 1. The summed E-state index contributed by atoms with van der Waals surface area (Å²) in [4.78, 5) is 11.5. The van der Waals surface area contributed by atoms with Gasteiger partial charge in [0.2, 0.25) is 6.79 Å². The maximum absolute atomic E-state index is 11.5. The van der Waals surface area contributed by atoms with E-state index < -0.39 is 5.97 Å². The van der Waals surface area contributed by atoms with Gasteiger partial charge in [0, 0.05) is 10.6 Å². The Hall–Kier alpha value is -2.66. The van der Waals surface area contributed by atoms with Crippen LogP contribution >= 0.6 is 11.6 Å². The van der Waals surface area contributed by atoms with E-state index in [0.717, 1.165) is 0 Å². The number of ether oxygens (including phenoxy) is 2. The molecule has 1 aliphatic heterocycles. The zero-order valence-corrected chi connectivity index (χ0v) is 12.0. The SMILES string of the molecule is O=C(O)/C(=C\c1cc(Cl)ccc1O)c1ccc2c(c1)OCO2. The molecule has 0 radical (unpaired) electrons. The number of carboxylic acid groups (broad SMARTS) is 1. The molecule has 2 aromatic carbocycles. The van der Waals surface area contributed by atoms with Gasteiger partial charge in [-0.25, -0.2) is 4.79 Å². The van der Waals surface area contributed by atoms with Crippen molar-refractivity contribution in [3.63, 3.8) is 0 Å². The van der Waals surface area contributed by atoms with Gasteiger partial charge in [0.25, 0.3) is 0 Å². The molecule has 0 saturated heterocycles. The van der Waals surface area contributed by atoms with Gasteiger partial charge in [-0.05, 0) is 42.0 Å². The van der Waals surface area contributed by atoms with Gasteiger partial charge in [0.05, 0.1) is 5.57 Å². The van der Waals surface area contributed by atoms with Gasteiger partial charge in [-0.2, -0.15) is 0 Å².